The van der Waals surface area contributed by atoms with E-state index in [9.17, 15) is 9.90 Å². The van der Waals surface area contributed by atoms with Gasteiger partial charge in [-0.25, -0.2) is 4.98 Å². The van der Waals surface area contributed by atoms with Crippen molar-refractivity contribution in [3.8, 4) is 0 Å². The number of carbonyl (C=O) groups is 1. The summed E-state index contributed by atoms with van der Waals surface area (Å²) in [5.41, 5.74) is 0.574. The van der Waals surface area contributed by atoms with Crippen LogP contribution in [0.25, 0.3) is 5.52 Å². The monoisotopic (exact) mass is 275 g/mol. The lowest BCUT2D eigenvalue weighted by Crippen LogP contribution is -2.46. The molecule has 106 valence electrons. The summed E-state index contributed by atoms with van der Waals surface area (Å²) in [6.07, 6.45) is 6.27. The number of fused-ring (bicyclic) bond motifs is 1. The smallest absolute Gasteiger partial charge is 0.251 e. The number of aromatic nitrogens is 2. The van der Waals surface area contributed by atoms with Gasteiger partial charge in [-0.1, -0.05) is 0 Å². The summed E-state index contributed by atoms with van der Waals surface area (Å²) < 4.78 is 7.05. The Kier molecular flexibility index (Phi) is 3.42. The van der Waals surface area contributed by atoms with Crippen molar-refractivity contribution >= 4 is 11.4 Å². The Morgan fingerprint density at radius 2 is 2.30 bits per heavy atom. The molecule has 6 heteroatoms. The first-order valence-electron chi connectivity index (χ1n) is 6.66. The lowest BCUT2D eigenvalue weighted by atomic mass is 9.94. The minimum Gasteiger partial charge on any atom is -0.388 e. The van der Waals surface area contributed by atoms with Crippen molar-refractivity contribution in [3.63, 3.8) is 0 Å². The summed E-state index contributed by atoms with van der Waals surface area (Å²) in [6, 6.07) is 3.51. The van der Waals surface area contributed by atoms with Gasteiger partial charge in [-0.05, 0) is 12.1 Å². The quantitative estimate of drug-likeness (QED) is 0.860. The van der Waals surface area contributed by atoms with Gasteiger partial charge in [0, 0.05) is 44.4 Å². The number of ether oxygens (including phenoxy) is 1. The molecule has 20 heavy (non-hydrogen) atoms. The van der Waals surface area contributed by atoms with E-state index in [4.69, 9.17) is 4.74 Å². The zero-order valence-electron chi connectivity index (χ0n) is 11.1. The van der Waals surface area contributed by atoms with Crippen molar-refractivity contribution < 1.29 is 14.6 Å². The van der Waals surface area contributed by atoms with Gasteiger partial charge in [-0.15, -0.1) is 0 Å². The highest BCUT2D eigenvalue weighted by Crippen LogP contribution is 2.19. The Balaban J connectivity index is 1.66. The molecule has 0 bridgehead atoms. The van der Waals surface area contributed by atoms with Crippen LogP contribution in [0.5, 0.6) is 0 Å². The van der Waals surface area contributed by atoms with E-state index < -0.39 is 5.60 Å². The molecule has 1 aliphatic heterocycles. The Labute approximate surface area is 116 Å². The van der Waals surface area contributed by atoms with Gasteiger partial charge >= 0.3 is 0 Å². The molecule has 1 amide bonds. The molecule has 0 aliphatic carbocycles. The van der Waals surface area contributed by atoms with Gasteiger partial charge in [0.2, 0.25) is 0 Å². The fraction of sp³-hybridized carbons (Fsp3) is 0.429. The predicted molar refractivity (Wildman–Crippen MR) is 72.5 cm³/mol. The summed E-state index contributed by atoms with van der Waals surface area (Å²) in [5.74, 6) is -0.186. The van der Waals surface area contributed by atoms with Crippen LogP contribution >= 0.6 is 0 Å². The molecule has 2 aromatic heterocycles. The number of hydrogen-bond acceptors (Lipinski definition) is 4. The standard InChI is InChI=1S/C14H17N3O3/c18-13(16-9-14(19)2-5-20-6-3-14)11-1-4-17-10-15-8-12(17)7-11/h1,4,7-8,10,19H,2-3,5-6,9H2,(H,16,18). The number of rotatable bonds is 3. The molecule has 3 rings (SSSR count). The number of aliphatic hydroxyl groups is 1. The molecule has 0 saturated carbocycles. The molecule has 0 radical (unpaired) electrons. The molecule has 3 heterocycles. The summed E-state index contributed by atoms with van der Waals surface area (Å²) >= 11 is 0. The zero-order valence-corrected chi connectivity index (χ0v) is 11.1. The molecule has 0 aromatic carbocycles. The van der Waals surface area contributed by atoms with Crippen molar-refractivity contribution in [2.45, 2.75) is 18.4 Å². The van der Waals surface area contributed by atoms with Crippen LogP contribution in [0.1, 0.15) is 23.2 Å². The molecule has 2 aromatic rings. The van der Waals surface area contributed by atoms with E-state index in [2.05, 4.69) is 10.3 Å². The van der Waals surface area contributed by atoms with Gasteiger partial charge in [0.05, 0.1) is 23.6 Å². The van der Waals surface area contributed by atoms with Crippen LogP contribution < -0.4 is 5.32 Å². The third-order valence-electron chi connectivity index (χ3n) is 3.68. The van der Waals surface area contributed by atoms with Crippen LogP contribution in [0.2, 0.25) is 0 Å². The molecule has 1 aliphatic rings. The second kappa shape index (κ2) is 5.22. The number of pyridine rings is 1. The van der Waals surface area contributed by atoms with Crippen LogP contribution in [0.3, 0.4) is 0 Å². The van der Waals surface area contributed by atoms with E-state index in [0.29, 0.717) is 31.6 Å². The number of imidazole rings is 1. The maximum Gasteiger partial charge on any atom is 0.251 e. The number of amides is 1. The minimum absolute atomic E-state index is 0.186. The second-order valence-corrected chi connectivity index (χ2v) is 5.16. The Morgan fingerprint density at radius 1 is 1.50 bits per heavy atom. The maximum atomic E-state index is 12.1. The van der Waals surface area contributed by atoms with Crippen molar-refractivity contribution in [2.24, 2.45) is 0 Å². The highest BCUT2D eigenvalue weighted by Gasteiger charge is 2.30. The molecule has 0 unspecified atom stereocenters. The van der Waals surface area contributed by atoms with Gasteiger partial charge in [0.1, 0.15) is 0 Å². The van der Waals surface area contributed by atoms with Crippen LogP contribution in [0.15, 0.2) is 30.9 Å². The predicted octanol–water partition coefficient (Wildman–Crippen LogP) is 0.606. The van der Waals surface area contributed by atoms with Crippen molar-refractivity contribution in [3.05, 3.63) is 36.4 Å². The van der Waals surface area contributed by atoms with Crippen LogP contribution in [0, 0.1) is 0 Å². The van der Waals surface area contributed by atoms with Crippen LogP contribution in [-0.2, 0) is 4.74 Å². The number of nitrogens with one attached hydrogen (secondary N) is 1. The van der Waals surface area contributed by atoms with Gasteiger partial charge < -0.3 is 19.6 Å². The largest absolute Gasteiger partial charge is 0.388 e. The fourth-order valence-electron chi connectivity index (χ4n) is 2.34. The van der Waals surface area contributed by atoms with Gasteiger partial charge in [0.25, 0.3) is 5.91 Å². The summed E-state index contributed by atoms with van der Waals surface area (Å²) in [5, 5.41) is 13.1. The minimum atomic E-state index is -0.853. The van der Waals surface area contributed by atoms with Crippen molar-refractivity contribution in [1.29, 1.82) is 0 Å². The number of nitrogens with zero attached hydrogens (tertiary/aromatic N) is 2. The molecule has 2 N–H and O–H groups in total. The van der Waals surface area contributed by atoms with E-state index in [1.807, 2.05) is 4.40 Å². The first-order chi connectivity index (χ1) is 9.66. The topological polar surface area (TPSA) is 75.9 Å². The molecule has 1 saturated heterocycles. The first-order valence-corrected chi connectivity index (χ1v) is 6.66. The Bertz CT molecular complexity index is 617. The highest BCUT2D eigenvalue weighted by atomic mass is 16.5. The Morgan fingerprint density at radius 3 is 3.10 bits per heavy atom. The molecule has 1 fully saturated rings. The number of hydrogen-bond donors (Lipinski definition) is 2. The third kappa shape index (κ3) is 2.66. The average molecular weight is 275 g/mol. The van der Waals surface area contributed by atoms with Crippen molar-refractivity contribution in [2.75, 3.05) is 19.8 Å². The third-order valence-corrected chi connectivity index (χ3v) is 3.68. The fourth-order valence-corrected chi connectivity index (χ4v) is 2.34. The van der Waals surface area contributed by atoms with Gasteiger partial charge in [-0.3, -0.25) is 4.79 Å². The van der Waals surface area contributed by atoms with Crippen molar-refractivity contribution in [1.82, 2.24) is 14.7 Å². The molecular weight excluding hydrogens is 258 g/mol. The van der Waals surface area contributed by atoms with E-state index in [-0.39, 0.29) is 12.5 Å². The van der Waals surface area contributed by atoms with Gasteiger partial charge in [-0.2, -0.15) is 0 Å². The summed E-state index contributed by atoms with van der Waals surface area (Å²) in [6.45, 7) is 1.32. The van der Waals surface area contributed by atoms with E-state index in [1.54, 1.807) is 30.9 Å². The van der Waals surface area contributed by atoms with E-state index >= 15 is 0 Å². The SMILES string of the molecule is O=C(NCC1(O)CCOCC1)c1ccn2cncc2c1. The van der Waals surface area contributed by atoms with Gasteiger partial charge in [0.15, 0.2) is 0 Å². The average Bonchev–Trinajstić information content (AvgIpc) is 2.93. The lowest BCUT2D eigenvalue weighted by Gasteiger charge is -2.32. The van der Waals surface area contributed by atoms with E-state index in [0.717, 1.165) is 5.52 Å². The second-order valence-electron chi connectivity index (χ2n) is 5.16. The van der Waals surface area contributed by atoms with E-state index in [1.165, 1.54) is 0 Å². The molecule has 6 nitrogen and oxygen atoms in total. The van der Waals surface area contributed by atoms with Crippen LogP contribution in [-0.4, -0.2) is 45.8 Å². The lowest BCUT2D eigenvalue weighted by molar-refractivity contribution is -0.0605. The summed E-state index contributed by atoms with van der Waals surface area (Å²) in [4.78, 5) is 16.1. The molecule has 0 spiro atoms. The van der Waals surface area contributed by atoms with Crippen LogP contribution in [0.4, 0.5) is 0 Å². The zero-order chi connectivity index (χ0) is 14.0. The summed E-state index contributed by atoms with van der Waals surface area (Å²) in [7, 11) is 0. The maximum absolute atomic E-state index is 12.1. The molecular formula is C14H17N3O3. The Hall–Kier alpha value is -1.92. The number of carbonyl (C=O) groups excluding carboxylic acids is 1. The molecule has 0 atom stereocenters. The first kappa shape index (κ1) is 13.1. The normalized spacial score (nSPS) is 18.1. The highest BCUT2D eigenvalue weighted by molar-refractivity contribution is 5.95.